The minimum atomic E-state index is 0.509. The van der Waals surface area contributed by atoms with Crippen LogP contribution in [0.25, 0.3) is 0 Å². The smallest absolute Gasteiger partial charge is 0.156 e. The molecule has 1 saturated carbocycles. The molecule has 1 heterocycles. The van der Waals surface area contributed by atoms with Gasteiger partial charge in [0.1, 0.15) is 0 Å². The second-order valence-corrected chi connectivity index (χ2v) is 6.87. The Labute approximate surface area is 109 Å². The topological polar surface area (TPSA) is 33.6 Å². The lowest BCUT2D eigenvalue weighted by Gasteiger charge is -2.17. The molecule has 0 radical (unpaired) electrons. The van der Waals surface area contributed by atoms with Gasteiger partial charge in [0.25, 0.3) is 0 Å². The molecule has 1 N–H and O–H groups in total. The molecule has 0 amide bonds. The number of methoxy groups -OCH3 is 1. The van der Waals surface area contributed by atoms with E-state index in [0.717, 1.165) is 24.9 Å². The van der Waals surface area contributed by atoms with Gasteiger partial charge < -0.3 is 10.1 Å². The third-order valence-corrected chi connectivity index (χ3v) is 5.32. The molecule has 0 bridgehead atoms. The van der Waals surface area contributed by atoms with Crippen LogP contribution in [0.3, 0.4) is 0 Å². The van der Waals surface area contributed by atoms with E-state index >= 15 is 0 Å². The maximum atomic E-state index is 5.17. The van der Waals surface area contributed by atoms with E-state index in [-0.39, 0.29) is 0 Å². The summed E-state index contributed by atoms with van der Waals surface area (Å²) in [7, 11) is 1.79. The number of aliphatic imine (C=N–C) groups is 1. The third-order valence-electron chi connectivity index (χ3n) is 3.83. The fourth-order valence-corrected chi connectivity index (χ4v) is 3.12. The summed E-state index contributed by atoms with van der Waals surface area (Å²) in [5.74, 6) is 0.714. The van der Waals surface area contributed by atoms with E-state index in [1.54, 1.807) is 7.11 Å². The Balaban J connectivity index is 1.69. The number of thioether (sulfide) groups is 1. The molecule has 1 atom stereocenters. The van der Waals surface area contributed by atoms with Crippen molar-refractivity contribution in [2.45, 2.75) is 38.4 Å². The molecule has 0 aromatic carbocycles. The van der Waals surface area contributed by atoms with E-state index < -0.39 is 0 Å². The van der Waals surface area contributed by atoms with Crippen molar-refractivity contribution >= 4 is 16.9 Å². The van der Waals surface area contributed by atoms with E-state index in [1.807, 2.05) is 11.8 Å². The van der Waals surface area contributed by atoms with Crippen LogP contribution >= 0.6 is 11.8 Å². The predicted octanol–water partition coefficient (Wildman–Crippen LogP) is 2.52. The Bertz CT molecular complexity index is 287. The SMILES string of the molecule is COCCC1(CNC2=NCC(C(C)C)S2)CC1. The molecule has 0 aromatic heterocycles. The van der Waals surface area contributed by atoms with Crippen molar-refractivity contribution in [2.24, 2.45) is 16.3 Å². The summed E-state index contributed by atoms with van der Waals surface area (Å²) in [6.45, 7) is 7.49. The Morgan fingerprint density at radius 2 is 2.29 bits per heavy atom. The highest BCUT2D eigenvalue weighted by molar-refractivity contribution is 8.14. The molecule has 2 rings (SSSR count). The summed E-state index contributed by atoms with van der Waals surface area (Å²) in [5.41, 5.74) is 0.509. The standard InChI is InChI=1S/C13H24N2OS/c1-10(2)11-8-14-12(17-11)15-9-13(4-5-13)6-7-16-3/h10-11H,4-9H2,1-3H3,(H,14,15). The van der Waals surface area contributed by atoms with Gasteiger partial charge in [-0.05, 0) is 30.6 Å². The fraction of sp³-hybridized carbons (Fsp3) is 0.923. The Morgan fingerprint density at radius 3 is 2.82 bits per heavy atom. The molecule has 0 spiro atoms. The van der Waals surface area contributed by atoms with Gasteiger partial charge in [-0.2, -0.15) is 0 Å². The average Bonchev–Trinajstić information content (AvgIpc) is 2.91. The molecule has 3 nitrogen and oxygen atoms in total. The highest BCUT2D eigenvalue weighted by Gasteiger charge is 2.42. The molecule has 0 saturated heterocycles. The van der Waals surface area contributed by atoms with Crippen LogP contribution in [0.5, 0.6) is 0 Å². The Morgan fingerprint density at radius 1 is 1.53 bits per heavy atom. The predicted molar refractivity (Wildman–Crippen MR) is 74.7 cm³/mol. The molecular weight excluding hydrogens is 232 g/mol. The van der Waals surface area contributed by atoms with Crippen LogP contribution in [-0.2, 0) is 4.74 Å². The van der Waals surface area contributed by atoms with Crippen LogP contribution < -0.4 is 5.32 Å². The highest BCUT2D eigenvalue weighted by Crippen LogP contribution is 2.48. The molecule has 4 heteroatoms. The number of nitrogens with one attached hydrogen (secondary N) is 1. The first-order valence-corrected chi connectivity index (χ1v) is 7.47. The lowest BCUT2D eigenvalue weighted by molar-refractivity contribution is 0.173. The first-order valence-electron chi connectivity index (χ1n) is 6.59. The van der Waals surface area contributed by atoms with Gasteiger partial charge in [-0.3, -0.25) is 4.99 Å². The van der Waals surface area contributed by atoms with Crippen molar-refractivity contribution in [2.75, 3.05) is 26.8 Å². The highest BCUT2D eigenvalue weighted by atomic mass is 32.2. The normalized spacial score (nSPS) is 26.1. The van der Waals surface area contributed by atoms with E-state index in [2.05, 4.69) is 24.2 Å². The lowest BCUT2D eigenvalue weighted by Crippen LogP contribution is -2.28. The van der Waals surface area contributed by atoms with Gasteiger partial charge in [0.2, 0.25) is 0 Å². The molecule has 1 aliphatic carbocycles. The molecule has 2 aliphatic rings. The number of amidine groups is 1. The average molecular weight is 256 g/mol. The van der Waals surface area contributed by atoms with Gasteiger partial charge in [0.15, 0.2) is 5.17 Å². The molecule has 1 fully saturated rings. The van der Waals surface area contributed by atoms with Gasteiger partial charge in [-0.1, -0.05) is 25.6 Å². The second kappa shape index (κ2) is 5.61. The first-order chi connectivity index (χ1) is 8.15. The molecular formula is C13H24N2OS. The van der Waals surface area contributed by atoms with Crippen molar-refractivity contribution in [1.29, 1.82) is 0 Å². The van der Waals surface area contributed by atoms with E-state index in [4.69, 9.17) is 4.74 Å². The van der Waals surface area contributed by atoms with Crippen molar-refractivity contribution in [3.05, 3.63) is 0 Å². The van der Waals surface area contributed by atoms with E-state index in [1.165, 1.54) is 19.3 Å². The zero-order chi connectivity index (χ0) is 12.3. The number of hydrogen-bond acceptors (Lipinski definition) is 4. The molecule has 1 unspecified atom stereocenters. The summed E-state index contributed by atoms with van der Waals surface area (Å²) < 4.78 is 5.17. The number of rotatable bonds is 6. The van der Waals surface area contributed by atoms with Gasteiger partial charge in [0, 0.05) is 25.5 Å². The molecule has 98 valence electrons. The van der Waals surface area contributed by atoms with Crippen LogP contribution in [0.2, 0.25) is 0 Å². The van der Waals surface area contributed by atoms with Gasteiger partial charge >= 0.3 is 0 Å². The fourth-order valence-electron chi connectivity index (χ4n) is 2.11. The summed E-state index contributed by atoms with van der Waals surface area (Å²) in [6.07, 6.45) is 3.87. The zero-order valence-corrected chi connectivity index (χ0v) is 12.0. The van der Waals surface area contributed by atoms with Crippen LogP contribution in [0.1, 0.15) is 33.1 Å². The van der Waals surface area contributed by atoms with Crippen molar-refractivity contribution < 1.29 is 4.74 Å². The molecule has 1 aliphatic heterocycles. The van der Waals surface area contributed by atoms with Gasteiger partial charge in [-0.15, -0.1) is 0 Å². The van der Waals surface area contributed by atoms with Crippen molar-refractivity contribution in [1.82, 2.24) is 5.32 Å². The first kappa shape index (κ1) is 13.2. The number of hydrogen-bond donors (Lipinski definition) is 1. The van der Waals surface area contributed by atoms with Crippen LogP contribution in [0, 0.1) is 11.3 Å². The number of nitrogens with zero attached hydrogens (tertiary/aromatic N) is 1. The maximum Gasteiger partial charge on any atom is 0.156 e. The van der Waals surface area contributed by atoms with Gasteiger partial charge in [-0.25, -0.2) is 0 Å². The van der Waals surface area contributed by atoms with Crippen LogP contribution in [0.4, 0.5) is 0 Å². The second-order valence-electron chi connectivity index (χ2n) is 5.64. The largest absolute Gasteiger partial charge is 0.385 e. The van der Waals surface area contributed by atoms with Crippen molar-refractivity contribution in [3.63, 3.8) is 0 Å². The summed E-state index contributed by atoms with van der Waals surface area (Å²) in [6, 6.07) is 0. The maximum absolute atomic E-state index is 5.17. The third kappa shape index (κ3) is 3.62. The monoisotopic (exact) mass is 256 g/mol. The molecule has 17 heavy (non-hydrogen) atoms. The number of ether oxygens (including phenoxy) is 1. The Kier molecular flexibility index (Phi) is 4.36. The van der Waals surface area contributed by atoms with E-state index in [9.17, 15) is 0 Å². The van der Waals surface area contributed by atoms with E-state index in [0.29, 0.717) is 16.6 Å². The quantitative estimate of drug-likeness (QED) is 0.793. The summed E-state index contributed by atoms with van der Waals surface area (Å²) in [4.78, 5) is 4.59. The summed E-state index contributed by atoms with van der Waals surface area (Å²) in [5, 5.41) is 5.37. The minimum absolute atomic E-state index is 0.509. The summed E-state index contributed by atoms with van der Waals surface area (Å²) >= 11 is 1.92. The zero-order valence-electron chi connectivity index (χ0n) is 11.2. The van der Waals surface area contributed by atoms with Crippen LogP contribution in [0.15, 0.2) is 4.99 Å². The van der Waals surface area contributed by atoms with Crippen molar-refractivity contribution in [3.8, 4) is 0 Å². The minimum Gasteiger partial charge on any atom is -0.385 e. The van der Waals surface area contributed by atoms with Crippen LogP contribution in [-0.4, -0.2) is 37.2 Å². The Hall–Kier alpha value is -0.220. The lowest BCUT2D eigenvalue weighted by atomic mass is 10.0. The van der Waals surface area contributed by atoms with Gasteiger partial charge in [0.05, 0.1) is 6.54 Å². The molecule has 0 aromatic rings.